The molecule has 1 N–H and O–H groups in total. The van der Waals surface area contributed by atoms with Crippen molar-refractivity contribution in [3.63, 3.8) is 0 Å². The van der Waals surface area contributed by atoms with Crippen LogP contribution in [0, 0.1) is 0 Å². The molecule has 0 unspecified atom stereocenters. The topological polar surface area (TPSA) is 55.8 Å². The van der Waals surface area contributed by atoms with Crippen LogP contribution in [0.5, 0.6) is 0 Å². The summed E-state index contributed by atoms with van der Waals surface area (Å²) in [6.07, 6.45) is 0.810. The summed E-state index contributed by atoms with van der Waals surface area (Å²) in [5.41, 5.74) is 0. The van der Waals surface area contributed by atoms with Crippen molar-refractivity contribution in [3.05, 3.63) is 18.4 Å². The molecule has 0 radical (unpaired) electrons. The molecule has 0 aromatic rings. The molecule has 0 bridgehead atoms. The van der Waals surface area contributed by atoms with Gasteiger partial charge in [0.05, 0.1) is 6.08 Å². The average Bonchev–Trinajstić information content (AvgIpc) is 2.05. The van der Waals surface area contributed by atoms with Crippen molar-refractivity contribution in [2.75, 3.05) is 13.2 Å². The minimum absolute atomic E-state index is 0.0370. The maximum Gasteiger partial charge on any atom is 0.154 e. The zero-order valence-corrected chi connectivity index (χ0v) is 8.95. The summed E-state index contributed by atoms with van der Waals surface area (Å²) in [5, 5.41) is 8.04. The highest BCUT2D eigenvalue weighted by Gasteiger charge is 1.94. The minimum Gasteiger partial charge on any atom is -0.508 e. The van der Waals surface area contributed by atoms with E-state index in [0.717, 1.165) is 19.3 Å². The molecule has 0 aliphatic rings. The van der Waals surface area contributed by atoms with Gasteiger partial charge in [-0.05, 0) is 20.8 Å². The van der Waals surface area contributed by atoms with Crippen LogP contribution in [0.4, 0.5) is 0 Å². The monoisotopic (exact) mass is 202 g/mol. The second-order valence-corrected chi connectivity index (χ2v) is 2.23. The molecule has 0 aliphatic heterocycles. The van der Waals surface area contributed by atoms with Crippen molar-refractivity contribution in [2.45, 2.75) is 27.1 Å². The highest BCUT2D eigenvalue weighted by atomic mass is 16.7. The van der Waals surface area contributed by atoms with Crippen LogP contribution in [-0.4, -0.2) is 30.6 Å². The normalized spacial score (nSPS) is 8.57. The van der Waals surface area contributed by atoms with Gasteiger partial charge >= 0.3 is 0 Å². The van der Waals surface area contributed by atoms with Crippen molar-refractivity contribution in [1.29, 1.82) is 0 Å². The van der Waals surface area contributed by atoms with Gasteiger partial charge in [-0.15, -0.1) is 0 Å². The zero-order valence-electron chi connectivity index (χ0n) is 8.95. The van der Waals surface area contributed by atoms with E-state index >= 15 is 0 Å². The molecule has 4 heteroatoms. The van der Waals surface area contributed by atoms with Gasteiger partial charge in [-0.1, -0.05) is 6.58 Å². The van der Waals surface area contributed by atoms with Crippen LogP contribution in [0.2, 0.25) is 0 Å². The molecule has 0 saturated carbocycles. The molecular weight excluding hydrogens is 184 g/mol. The Bertz CT molecular complexity index is 177. The van der Waals surface area contributed by atoms with E-state index < -0.39 is 0 Å². The molecule has 0 rings (SSSR count). The lowest BCUT2D eigenvalue weighted by Gasteiger charge is -2.09. The summed E-state index contributed by atoms with van der Waals surface area (Å²) in [5.74, 6) is 1.08. The number of aliphatic hydroxyl groups excluding tert-OH is 1. The number of hydrogen-bond acceptors (Lipinski definition) is 4. The number of aliphatic hydroxyl groups is 1. The first-order chi connectivity index (χ1) is 6.58. The van der Waals surface area contributed by atoms with E-state index in [1.165, 1.54) is 5.94 Å². The van der Waals surface area contributed by atoms with Gasteiger partial charge in [-0.3, -0.25) is 0 Å². The van der Waals surface area contributed by atoms with Gasteiger partial charge in [-0.25, -0.2) is 4.79 Å². The number of allylic oxidation sites excluding steroid dienone is 1. The largest absolute Gasteiger partial charge is 0.508 e. The van der Waals surface area contributed by atoms with Crippen LogP contribution >= 0.6 is 0 Å². The highest BCUT2D eigenvalue weighted by Crippen LogP contribution is 1.90. The fourth-order valence-corrected chi connectivity index (χ4v) is 0.586. The second-order valence-electron chi connectivity index (χ2n) is 2.23. The van der Waals surface area contributed by atoms with Crippen LogP contribution in [0.1, 0.15) is 20.8 Å². The molecule has 0 aromatic heterocycles. The number of hydrogen-bond donors (Lipinski definition) is 1. The van der Waals surface area contributed by atoms with Gasteiger partial charge in [0.15, 0.2) is 6.29 Å². The van der Waals surface area contributed by atoms with Crippen molar-refractivity contribution in [1.82, 2.24) is 0 Å². The first-order valence-corrected chi connectivity index (χ1v) is 4.40. The minimum atomic E-state index is -0.259. The van der Waals surface area contributed by atoms with Crippen molar-refractivity contribution < 1.29 is 19.4 Å². The van der Waals surface area contributed by atoms with Crippen molar-refractivity contribution in [2.24, 2.45) is 0 Å². The first kappa shape index (κ1) is 15.4. The van der Waals surface area contributed by atoms with Crippen LogP contribution in [0.15, 0.2) is 18.4 Å². The van der Waals surface area contributed by atoms with E-state index in [9.17, 15) is 4.79 Å². The molecule has 4 nitrogen and oxygen atoms in total. The van der Waals surface area contributed by atoms with Crippen molar-refractivity contribution in [3.8, 4) is 0 Å². The summed E-state index contributed by atoms with van der Waals surface area (Å²) in [6, 6.07) is 0. The smallest absolute Gasteiger partial charge is 0.154 e. The molecule has 0 aromatic carbocycles. The van der Waals surface area contributed by atoms with Crippen LogP contribution in [0.3, 0.4) is 0 Å². The Morgan fingerprint density at radius 3 is 2.07 bits per heavy atom. The Labute approximate surface area is 84.8 Å². The lowest BCUT2D eigenvalue weighted by Crippen LogP contribution is -2.11. The van der Waals surface area contributed by atoms with E-state index in [2.05, 4.69) is 6.58 Å². The Morgan fingerprint density at radius 1 is 1.50 bits per heavy atom. The Hall–Kier alpha value is -1.09. The summed E-state index contributed by atoms with van der Waals surface area (Å²) in [6.45, 7) is 10.2. The summed E-state index contributed by atoms with van der Waals surface area (Å²) >= 11 is 0. The maximum atomic E-state index is 9.21. The molecule has 0 fully saturated rings. The molecular formula is C10H18O4. The fourth-order valence-electron chi connectivity index (χ4n) is 0.586. The molecule has 82 valence electrons. The quantitative estimate of drug-likeness (QED) is 0.320. The van der Waals surface area contributed by atoms with Gasteiger partial charge < -0.3 is 14.6 Å². The highest BCUT2D eigenvalue weighted by molar-refractivity contribution is 5.49. The van der Waals surface area contributed by atoms with Crippen LogP contribution in [0.25, 0.3) is 0 Å². The van der Waals surface area contributed by atoms with E-state index in [4.69, 9.17) is 14.6 Å². The number of carbonyl (C=O) groups excluding carboxylic acids is 1. The Balaban J connectivity index is 0. The molecule has 0 saturated heterocycles. The summed E-state index contributed by atoms with van der Waals surface area (Å²) < 4.78 is 10.1. The number of ether oxygens (including phenoxy) is 2. The lowest BCUT2D eigenvalue weighted by atomic mass is 10.6. The molecule has 0 atom stereocenters. The molecule has 14 heavy (non-hydrogen) atoms. The van der Waals surface area contributed by atoms with E-state index in [0.29, 0.717) is 0 Å². The third kappa shape index (κ3) is 17.1. The molecule has 0 aliphatic carbocycles. The average molecular weight is 202 g/mol. The number of rotatable bonds is 5. The summed E-state index contributed by atoms with van der Waals surface area (Å²) in [4.78, 5) is 9.21. The van der Waals surface area contributed by atoms with Crippen molar-refractivity contribution >= 4 is 5.94 Å². The Kier molecular flexibility index (Phi) is 13.1. The zero-order chi connectivity index (χ0) is 11.4. The molecule has 0 heterocycles. The van der Waals surface area contributed by atoms with Gasteiger partial charge in [0.1, 0.15) is 11.7 Å². The third-order valence-electron chi connectivity index (χ3n) is 1.03. The standard InChI is InChI=1S/C6H14O2.C4H4O2/c1-4-7-6(3)8-5-2;1-4(6)2-3-5/h6H,4-5H2,1-3H3;2,6H,1H2. The summed E-state index contributed by atoms with van der Waals surface area (Å²) in [7, 11) is 0. The maximum absolute atomic E-state index is 9.21. The predicted octanol–water partition coefficient (Wildman–Crippen LogP) is 1.85. The molecule has 0 amide bonds. The fraction of sp³-hybridized carbons (Fsp3) is 0.600. The predicted molar refractivity (Wildman–Crippen MR) is 54.7 cm³/mol. The third-order valence-corrected chi connectivity index (χ3v) is 1.03. The van der Waals surface area contributed by atoms with E-state index in [1.54, 1.807) is 0 Å². The van der Waals surface area contributed by atoms with Gasteiger partial charge in [-0.2, -0.15) is 0 Å². The van der Waals surface area contributed by atoms with Gasteiger partial charge in [0, 0.05) is 13.2 Å². The SMILES string of the molecule is C=C(O)C=C=O.CCOC(C)OCC. The van der Waals surface area contributed by atoms with E-state index in [1.807, 2.05) is 20.8 Å². The lowest BCUT2D eigenvalue weighted by molar-refractivity contribution is -0.123. The van der Waals surface area contributed by atoms with Crippen LogP contribution in [-0.2, 0) is 14.3 Å². The van der Waals surface area contributed by atoms with E-state index in [-0.39, 0.29) is 12.0 Å². The Morgan fingerprint density at radius 2 is 1.93 bits per heavy atom. The van der Waals surface area contributed by atoms with Gasteiger partial charge in [0.2, 0.25) is 0 Å². The second kappa shape index (κ2) is 11.9. The first-order valence-electron chi connectivity index (χ1n) is 4.40. The van der Waals surface area contributed by atoms with Crippen LogP contribution < -0.4 is 0 Å². The van der Waals surface area contributed by atoms with Gasteiger partial charge in [0.25, 0.3) is 0 Å². The molecule has 0 spiro atoms.